The predicted molar refractivity (Wildman–Crippen MR) is 67.9 cm³/mol. The summed E-state index contributed by atoms with van der Waals surface area (Å²) in [5.74, 6) is 0. The van der Waals surface area contributed by atoms with Crippen LogP contribution in [0.3, 0.4) is 0 Å². The van der Waals surface area contributed by atoms with Crippen LogP contribution in [0.2, 0.25) is 0 Å². The number of nitrogens with zero attached hydrogens (tertiary/aromatic N) is 1. The molecule has 0 aliphatic carbocycles. The van der Waals surface area contributed by atoms with Gasteiger partial charge in [-0.15, -0.1) is 0 Å². The molecule has 0 amide bonds. The van der Waals surface area contributed by atoms with Crippen molar-refractivity contribution < 1.29 is 9.84 Å². The summed E-state index contributed by atoms with van der Waals surface area (Å²) in [5, 5.41) is 9.86. The molecule has 0 aliphatic heterocycles. The second-order valence-electron chi connectivity index (χ2n) is 3.89. The van der Waals surface area contributed by atoms with Crippen LogP contribution < -0.4 is 0 Å². The van der Waals surface area contributed by atoms with E-state index in [4.69, 9.17) is 4.74 Å². The number of benzene rings is 1. The average molecular weight is 249 g/mol. The quantitative estimate of drug-likeness (QED) is 0.886. The number of ether oxygens (including phenoxy) is 1. The van der Waals surface area contributed by atoms with Crippen LogP contribution >= 0.6 is 11.5 Å². The largest absolute Gasteiger partial charge is 0.385 e. The zero-order chi connectivity index (χ0) is 12.1. The van der Waals surface area contributed by atoms with Gasteiger partial charge in [0.25, 0.3) is 0 Å². The van der Waals surface area contributed by atoms with Crippen molar-refractivity contribution in [2.45, 2.75) is 19.6 Å². The van der Waals surface area contributed by atoms with Gasteiger partial charge < -0.3 is 9.84 Å². The van der Waals surface area contributed by atoms with E-state index in [0.717, 1.165) is 16.1 Å². The third-order valence-corrected chi connectivity index (χ3v) is 3.34. The molecule has 2 aromatic rings. The van der Waals surface area contributed by atoms with Crippen LogP contribution in [0.1, 0.15) is 22.2 Å². The van der Waals surface area contributed by atoms with Gasteiger partial charge in [0.1, 0.15) is 6.10 Å². The molecule has 0 spiro atoms. The SMILES string of the molecule is Cc1cc(C(O)COCc2ccccc2)sn1. The van der Waals surface area contributed by atoms with Crippen molar-refractivity contribution in [3.63, 3.8) is 0 Å². The van der Waals surface area contributed by atoms with Crippen molar-refractivity contribution in [3.05, 3.63) is 52.5 Å². The van der Waals surface area contributed by atoms with E-state index >= 15 is 0 Å². The van der Waals surface area contributed by atoms with Crippen LogP contribution in [0, 0.1) is 6.92 Å². The van der Waals surface area contributed by atoms with Gasteiger partial charge >= 0.3 is 0 Å². The lowest BCUT2D eigenvalue weighted by atomic mass is 10.2. The molecule has 0 aliphatic rings. The number of rotatable bonds is 5. The Morgan fingerprint density at radius 2 is 2.12 bits per heavy atom. The number of aromatic nitrogens is 1. The fourth-order valence-corrected chi connectivity index (χ4v) is 2.20. The fourth-order valence-electron chi connectivity index (χ4n) is 1.49. The molecule has 4 heteroatoms. The molecule has 1 aromatic heterocycles. The summed E-state index contributed by atoms with van der Waals surface area (Å²) in [5.41, 5.74) is 2.05. The van der Waals surface area contributed by atoms with Gasteiger partial charge in [-0.2, -0.15) is 4.37 Å². The van der Waals surface area contributed by atoms with Crippen LogP contribution in [0.4, 0.5) is 0 Å². The maximum absolute atomic E-state index is 9.86. The van der Waals surface area contributed by atoms with Gasteiger partial charge in [0, 0.05) is 0 Å². The van der Waals surface area contributed by atoms with Gasteiger partial charge in [0.15, 0.2) is 0 Å². The molecule has 90 valence electrons. The van der Waals surface area contributed by atoms with Crippen LogP contribution in [0.5, 0.6) is 0 Å². The lowest BCUT2D eigenvalue weighted by molar-refractivity contribution is 0.0294. The fraction of sp³-hybridized carbons (Fsp3) is 0.308. The summed E-state index contributed by atoms with van der Waals surface area (Å²) < 4.78 is 9.60. The first-order chi connectivity index (χ1) is 8.25. The van der Waals surface area contributed by atoms with Crippen LogP contribution in [0.25, 0.3) is 0 Å². The van der Waals surface area contributed by atoms with E-state index in [0.29, 0.717) is 13.2 Å². The number of aliphatic hydroxyl groups is 1. The van der Waals surface area contributed by atoms with Crippen molar-refractivity contribution in [3.8, 4) is 0 Å². The smallest absolute Gasteiger partial charge is 0.113 e. The second kappa shape index (κ2) is 5.91. The summed E-state index contributed by atoms with van der Waals surface area (Å²) in [6.07, 6.45) is -0.579. The Morgan fingerprint density at radius 1 is 1.35 bits per heavy atom. The van der Waals surface area contributed by atoms with Gasteiger partial charge in [-0.05, 0) is 30.1 Å². The Kier molecular flexibility index (Phi) is 4.25. The van der Waals surface area contributed by atoms with Crippen molar-refractivity contribution >= 4 is 11.5 Å². The summed E-state index contributed by atoms with van der Waals surface area (Å²) in [7, 11) is 0. The van der Waals surface area contributed by atoms with Crippen molar-refractivity contribution in [1.82, 2.24) is 4.37 Å². The molecule has 1 heterocycles. The molecule has 0 fully saturated rings. The first-order valence-corrected chi connectivity index (χ1v) is 6.26. The first-order valence-electron chi connectivity index (χ1n) is 5.48. The molecule has 3 nitrogen and oxygen atoms in total. The molecule has 1 aromatic carbocycles. The minimum atomic E-state index is -0.579. The van der Waals surface area contributed by atoms with E-state index in [2.05, 4.69) is 4.37 Å². The molecule has 0 saturated carbocycles. The zero-order valence-corrected chi connectivity index (χ0v) is 10.5. The van der Waals surface area contributed by atoms with Crippen LogP contribution in [-0.2, 0) is 11.3 Å². The van der Waals surface area contributed by atoms with Gasteiger partial charge in [-0.25, -0.2) is 0 Å². The molecule has 0 bridgehead atoms. The highest BCUT2D eigenvalue weighted by atomic mass is 32.1. The molecule has 0 radical (unpaired) electrons. The Balaban J connectivity index is 1.79. The zero-order valence-electron chi connectivity index (χ0n) is 9.67. The standard InChI is InChI=1S/C13H15NO2S/c1-10-7-13(17-14-10)12(15)9-16-8-11-5-3-2-4-6-11/h2-7,12,15H,8-9H2,1H3. The van der Waals surface area contributed by atoms with Gasteiger partial charge in [0.2, 0.25) is 0 Å². The van der Waals surface area contributed by atoms with Crippen LogP contribution in [-0.4, -0.2) is 16.1 Å². The number of hydrogen-bond donors (Lipinski definition) is 1. The normalized spacial score (nSPS) is 12.6. The van der Waals surface area contributed by atoms with Crippen molar-refractivity contribution in [1.29, 1.82) is 0 Å². The molecule has 1 unspecified atom stereocenters. The molecular weight excluding hydrogens is 234 g/mol. The summed E-state index contributed by atoms with van der Waals surface area (Å²) in [6.45, 7) is 2.74. The average Bonchev–Trinajstić information content (AvgIpc) is 2.77. The van der Waals surface area contributed by atoms with E-state index in [1.165, 1.54) is 11.5 Å². The Labute approximate surface area is 105 Å². The maximum atomic E-state index is 9.86. The van der Waals surface area contributed by atoms with E-state index in [1.807, 2.05) is 43.3 Å². The van der Waals surface area contributed by atoms with Crippen molar-refractivity contribution in [2.75, 3.05) is 6.61 Å². The monoisotopic (exact) mass is 249 g/mol. The van der Waals surface area contributed by atoms with Crippen molar-refractivity contribution in [2.24, 2.45) is 0 Å². The maximum Gasteiger partial charge on any atom is 0.113 e. The van der Waals surface area contributed by atoms with Gasteiger partial charge in [-0.1, -0.05) is 30.3 Å². The number of hydrogen-bond acceptors (Lipinski definition) is 4. The first kappa shape index (κ1) is 12.2. The topological polar surface area (TPSA) is 42.4 Å². The molecule has 1 atom stereocenters. The van der Waals surface area contributed by atoms with E-state index in [-0.39, 0.29) is 0 Å². The lowest BCUT2D eigenvalue weighted by Crippen LogP contribution is -2.05. The van der Waals surface area contributed by atoms with E-state index in [1.54, 1.807) is 0 Å². The molecular formula is C13H15NO2S. The molecule has 17 heavy (non-hydrogen) atoms. The highest BCUT2D eigenvalue weighted by Gasteiger charge is 2.10. The number of aryl methyl sites for hydroxylation is 1. The Hall–Kier alpha value is -1.23. The van der Waals surface area contributed by atoms with Gasteiger partial charge in [-0.3, -0.25) is 0 Å². The minimum Gasteiger partial charge on any atom is -0.385 e. The predicted octanol–water partition coefficient (Wildman–Crippen LogP) is 2.70. The molecule has 1 N–H and O–H groups in total. The van der Waals surface area contributed by atoms with E-state index in [9.17, 15) is 5.11 Å². The summed E-state index contributed by atoms with van der Waals surface area (Å²) in [6, 6.07) is 11.8. The Morgan fingerprint density at radius 3 is 2.76 bits per heavy atom. The number of aliphatic hydroxyl groups excluding tert-OH is 1. The van der Waals surface area contributed by atoms with E-state index < -0.39 is 6.10 Å². The summed E-state index contributed by atoms with van der Waals surface area (Å²) in [4.78, 5) is 0.857. The second-order valence-corrected chi connectivity index (χ2v) is 4.72. The highest BCUT2D eigenvalue weighted by molar-refractivity contribution is 7.05. The minimum absolute atomic E-state index is 0.302. The molecule has 0 saturated heterocycles. The third-order valence-electron chi connectivity index (χ3n) is 2.36. The Bertz CT molecular complexity index is 455. The summed E-state index contributed by atoms with van der Waals surface area (Å²) >= 11 is 1.32. The molecule has 2 rings (SSSR count). The van der Waals surface area contributed by atoms with Gasteiger partial charge in [0.05, 0.1) is 23.8 Å². The lowest BCUT2D eigenvalue weighted by Gasteiger charge is -2.08. The highest BCUT2D eigenvalue weighted by Crippen LogP contribution is 2.19. The third kappa shape index (κ3) is 3.63. The van der Waals surface area contributed by atoms with Crippen LogP contribution in [0.15, 0.2) is 36.4 Å².